The van der Waals surface area contributed by atoms with Gasteiger partial charge in [-0.1, -0.05) is 58.6 Å². The topological polar surface area (TPSA) is 111 Å². The molecule has 0 spiro atoms. The van der Waals surface area contributed by atoms with Gasteiger partial charge in [0.15, 0.2) is 5.03 Å². The third-order valence-electron chi connectivity index (χ3n) is 7.06. The average Bonchev–Trinajstić information content (AvgIpc) is 3.29. The number of benzene rings is 1. The predicted octanol–water partition coefficient (Wildman–Crippen LogP) is 6.37. The second kappa shape index (κ2) is 12.6. The number of nitrogens with zero attached hydrogens (tertiary/aromatic N) is 2. The zero-order valence-corrected chi connectivity index (χ0v) is 23.3. The Labute approximate surface area is 221 Å². The van der Waals surface area contributed by atoms with Crippen LogP contribution in [0.3, 0.4) is 0 Å². The Bertz CT molecular complexity index is 1190. The largest absolute Gasteiger partial charge is 0.512 e. The van der Waals surface area contributed by atoms with Crippen LogP contribution >= 0.6 is 0 Å². The lowest BCUT2D eigenvalue weighted by Crippen LogP contribution is -2.41. The van der Waals surface area contributed by atoms with E-state index in [-0.39, 0.29) is 16.4 Å². The summed E-state index contributed by atoms with van der Waals surface area (Å²) in [6, 6.07) is 6.92. The van der Waals surface area contributed by atoms with Crippen LogP contribution in [-0.4, -0.2) is 34.6 Å². The minimum Gasteiger partial charge on any atom is -0.512 e. The highest BCUT2D eigenvalue weighted by atomic mass is 32.2. The second-order valence-electron chi connectivity index (χ2n) is 10.1. The van der Waals surface area contributed by atoms with Crippen molar-refractivity contribution >= 4 is 21.7 Å². The van der Waals surface area contributed by atoms with Crippen molar-refractivity contribution in [3.63, 3.8) is 0 Å². The standard InChI is InChI=1S/C28H41N3O5S/c1-5-8-10-15-28(16-11-9-6-2)18-24(32)26(27(33)36-28)23(7-3)21-13-12-14-22(17-21)30-37(34,35)25-19-31(4)20-29-25/h12-14,17,19-20,23,30,32H,5-11,15-16,18H2,1-4H3. The number of hydrogen-bond donors (Lipinski definition) is 2. The van der Waals surface area contributed by atoms with Crippen LogP contribution in [0.1, 0.15) is 96.5 Å². The lowest BCUT2D eigenvalue weighted by Gasteiger charge is -2.39. The molecule has 0 aliphatic carbocycles. The maximum Gasteiger partial charge on any atom is 0.338 e. The summed E-state index contributed by atoms with van der Waals surface area (Å²) in [6.45, 7) is 6.22. The van der Waals surface area contributed by atoms with E-state index in [1.54, 1.807) is 29.8 Å². The fourth-order valence-corrected chi connectivity index (χ4v) is 6.14. The van der Waals surface area contributed by atoms with Crippen molar-refractivity contribution in [2.45, 2.75) is 102 Å². The first-order valence-corrected chi connectivity index (χ1v) is 14.9. The highest BCUT2D eigenvalue weighted by Crippen LogP contribution is 2.42. The van der Waals surface area contributed by atoms with Crippen molar-refractivity contribution in [2.24, 2.45) is 7.05 Å². The smallest absolute Gasteiger partial charge is 0.338 e. The van der Waals surface area contributed by atoms with E-state index >= 15 is 0 Å². The second-order valence-corrected chi connectivity index (χ2v) is 11.7. The molecule has 0 saturated heterocycles. The normalized spacial score (nSPS) is 16.5. The average molecular weight is 532 g/mol. The first-order chi connectivity index (χ1) is 17.6. The van der Waals surface area contributed by atoms with Crippen molar-refractivity contribution in [1.29, 1.82) is 0 Å². The maximum absolute atomic E-state index is 13.4. The molecule has 1 atom stereocenters. The number of carbonyl (C=O) groups is 1. The van der Waals surface area contributed by atoms with Gasteiger partial charge in [-0.25, -0.2) is 9.78 Å². The number of ether oxygens (including phenoxy) is 1. The van der Waals surface area contributed by atoms with Gasteiger partial charge in [-0.3, -0.25) is 4.72 Å². The molecule has 1 aliphatic rings. The Morgan fingerprint density at radius 3 is 2.35 bits per heavy atom. The van der Waals surface area contributed by atoms with Crippen molar-refractivity contribution in [1.82, 2.24) is 9.55 Å². The van der Waals surface area contributed by atoms with E-state index in [4.69, 9.17) is 4.74 Å². The van der Waals surface area contributed by atoms with E-state index in [9.17, 15) is 18.3 Å². The number of aliphatic hydroxyl groups excluding tert-OH is 1. The van der Waals surface area contributed by atoms with Crippen molar-refractivity contribution < 1.29 is 23.1 Å². The summed E-state index contributed by atoms with van der Waals surface area (Å²) in [4.78, 5) is 17.3. The summed E-state index contributed by atoms with van der Waals surface area (Å²) in [5.41, 5.74) is 0.702. The molecule has 2 aromatic rings. The molecule has 1 aromatic carbocycles. The number of rotatable bonds is 14. The fraction of sp³-hybridized carbons (Fsp3) is 0.571. The molecule has 204 valence electrons. The summed E-state index contributed by atoms with van der Waals surface area (Å²) < 4.78 is 35.8. The summed E-state index contributed by atoms with van der Waals surface area (Å²) in [5.74, 6) is -0.797. The molecule has 0 bridgehead atoms. The Hall–Kier alpha value is -2.81. The summed E-state index contributed by atoms with van der Waals surface area (Å²) in [7, 11) is -2.16. The molecule has 0 saturated carbocycles. The van der Waals surface area contributed by atoms with Gasteiger partial charge in [0.05, 0.1) is 11.9 Å². The van der Waals surface area contributed by atoms with Crippen molar-refractivity contribution in [3.8, 4) is 0 Å². The zero-order chi connectivity index (χ0) is 27.1. The minimum atomic E-state index is -3.86. The number of sulfonamides is 1. The molecule has 0 radical (unpaired) electrons. The van der Waals surface area contributed by atoms with E-state index in [0.717, 1.165) is 56.9 Å². The quantitative estimate of drug-likeness (QED) is 0.216. The van der Waals surface area contributed by atoms with E-state index < -0.39 is 27.5 Å². The molecule has 1 aliphatic heterocycles. The first kappa shape index (κ1) is 28.8. The van der Waals surface area contributed by atoms with Crippen LogP contribution in [0.4, 0.5) is 5.69 Å². The molecule has 0 amide bonds. The van der Waals surface area contributed by atoms with E-state index in [1.165, 1.54) is 12.5 Å². The summed E-state index contributed by atoms with van der Waals surface area (Å²) >= 11 is 0. The van der Waals surface area contributed by atoms with Crippen LogP contribution in [-0.2, 0) is 26.6 Å². The van der Waals surface area contributed by atoms with Crippen LogP contribution in [0.15, 0.2) is 53.1 Å². The number of aliphatic hydroxyl groups is 1. The molecule has 1 aromatic heterocycles. The summed E-state index contributed by atoms with van der Waals surface area (Å²) in [5, 5.41) is 11.1. The minimum absolute atomic E-state index is 0.0776. The van der Waals surface area contributed by atoms with Gasteiger partial charge >= 0.3 is 5.97 Å². The van der Waals surface area contributed by atoms with Crippen LogP contribution in [0.2, 0.25) is 0 Å². The van der Waals surface area contributed by atoms with Crippen LogP contribution < -0.4 is 4.72 Å². The van der Waals surface area contributed by atoms with Gasteiger partial charge in [0, 0.05) is 31.3 Å². The number of hydrogen-bond acceptors (Lipinski definition) is 6. The van der Waals surface area contributed by atoms with Crippen LogP contribution in [0.25, 0.3) is 0 Å². The highest BCUT2D eigenvalue weighted by Gasteiger charge is 2.43. The van der Waals surface area contributed by atoms with Crippen molar-refractivity contribution in [2.75, 3.05) is 4.72 Å². The molecular formula is C28H41N3O5S. The molecular weight excluding hydrogens is 490 g/mol. The Morgan fingerprint density at radius 2 is 1.81 bits per heavy atom. The monoisotopic (exact) mass is 531 g/mol. The number of anilines is 1. The lowest BCUT2D eigenvalue weighted by atomic mass is 9.79. The molecule has 3 rings (SSSR count). The zero-order valence-electron chi connectivity index (χ0n) is 22.5. The van der Waals surface area contributed by atoms with E-state index in [0.29, 0.717) is 18.5 Å². The number of aryl methyl sites for hydroxylation is 1. The Morgan fingerprint density at radius 1 is 1.14 bits per heavy atom. The number of esters is 1. The van der Waals surface area contributed by atoms with Gasteiger partial charge < -0.3 is 14.4 Å². The molecule has 8 nitrogen and oxygen atoms in total. The van der Waals surface area contributed by atoms with Gasteiger partial charge in [-0.05, 0) is 49.8 Å². The molecule has 0 fully saturated rings. The first-order valence-electron chi connectivity index (χ1n) is 13.4. The summed E-state index contributed by atoms with van der Waals surface area (Å²) in [6.07, 6.45) is 11.4. The van der Waals surface area contributed by atoms with Gasteiger partial charge in [0.25, 0.3) is 10.0 Å². The van der Waals surface area contributed by atoms with Crippen molar-refractivity contribution in [3.05, 3.63) is 53.7 Å². The molecule has 2 heterocycles. The third kappa shape index (κ3) is 7.15. The number of unbranched alkanes of at least 4 members (excludes halogenated alkanes) is 4. The number of imidazole rings is 1. The van der Waals surface area contributed by atoms with E-state index in [2.05, 4.69) is 23.6 Å². The number of nitrogens with one attached hydrogen (secondary N) is 1. The van der Waals surface area contributed by atoms with Gasteiger partial charge in [-0.2, -0.15) is 8.42 Å². The predicted molar refractivity (Wildman–Crippen MR) is 145 cm³/mol. The molecule has 1 unspecified atom stereocenters. The SMILES string of the molecule is CCCCCC1(CCCCC)CC(O)=C(C(CC)c2cccc(NS(=O)(=O)c3cn(C)cn3)c2)C(=O)O1. The van der Waals surface area contributed by atoms with Gasteiger partial charge in [0.2, 0.25) is 0 Å². The van der Waals surface area contributed by atoms with Gasteiger partial charge in [-0.15, -0.1) is 0 Å². The Kier molecular flexibility index (Phi) is 9.81. The van der Waals surface area contributed by atoms with E-state index in [1.807, 2.05) is 13.0 Å². The third-order valence-corrected chi connectivity index (χ3v) is 8.32. The number of cyclic esters (lactones) is 1. The lowest BCUT2D eigenvalue weighted by molar-refractivity contribution is -0.161. The molecule has 37 heavy (non-hydrogen) atoms. The molecule has 2 N–H and O–H groups in total. The number of aromatic nitrogens is 2. The molecule has 9 heteroatoms. The van der Waals surface area contributed by atoms with Gasteiger partial charge in [0.1, 0.15) is 11.4 Å². The maximum atomic E-state index is 13.4. The van der Waals surface area contributed by atoms with Crippen LogP contribution in [0.5, 0.6) is 0 Å². The van der Waals surface area contributed by atoms with Crippen LogP contribution in [0, 0.1) is 0 Å². The number of carbonyl (C=O) groups excluding carboxylic acids is 1. The highest BCUT2D eigenvalue weighted by molar-refractivity contribution is 7.92. The Balaban J connectivity index is 1.87. The fourth-order valence-electron chi connectivity index (χ4n) is 5.11.